The molecule has 2 atom stereocenters. The van der Waals surface area contributed by atoms with Gasteiger partial charge in [0.25, 0.3) is 0 Å². The quantitative estimate of drug-likeness (QED) is 0.514. The highest BCUT2D eigenvalue weighted by Crippen LogP contribution is 2.40. The first-order valence-electron chi connectivity index (χ1n) is 7.23. The Bertz CT molecular complexity index is 701. The third-order valence-electron chi connectivity index (χ3n) is 3.90. The second-order valence-electron chi connectivity index (χ2n) is 5.59. The maximum atomic E-state index is 14.0. The summed E-state index contributed by atoms with van der Waals surface area (Å²) >= 11 is 3.27. The molecule has 1 aliphatic rings. The Hall–Kier alpha value is -0.610. The Balaban J connectivity index is 1.94. The summed E-state index contributed by atoms with van der Waals surface area (Å²) in [4.78, 5) is 0. The summed E-state index contributed by atoms with van der Waals surface area (Å²) in [6.45, 7) is 1.03. The monoisotopic (exact) mass is 458 g/mol. The molecule has 2 nitrogen and oxygen atoms in total. The fraction of sp³-hybridized carbons (Fsp3) is 0.467. The second-order valence-corrected chi connectivity index (χ2v) is 8.42. The van der Waals surface area contributed by atoms with Gasteiger partial charge in [0.15, 0.2) is 0 Å². The maximum Gasteiger partial charge on any atom is 0.393 e. The zero-order valence-corrected chi connectivity index (χ0v) is 15.0. The summed E-state index contributed by atoms with van der Waals surface area (Å²) in [5, 5.41) is 6.78. The molecule has 2 unspecified atom stereocenters. The molecule has 0 amide bonds. The van der Waals surface area contributed by atoms with Crippen molar-refractivity contribution in [2.75, 3.05) is 18.4 Å². The predicted molar refractivity (Wildman–Crippen MR) is 94.1 cm³/mol. The van der Waals surface area contributed by atoms with Gasteiger partial charge < -0.3 is 10.6 Å². The first kappa shape index (κ1) is 17.2. The van der Waals surface area contributed by atoms with Crippen LogP contribution in [0.4, 0.5) is 23.2 Å². The van der Waals surface area contributed by atoms with E-state index < -0.39 is 18.8 Å². The summed E-state index contributed by atoms with van der Waals surface area (Å²) in [7, 11) is 0. The highest BCUT2D eigenvalue weighted by Gasteiger charge is 2.31. The van der Waals surface area contributed by atoms with Gasteiger partial charge in [-0.15, -0.1) is 11.3 Å². The smallest absolute Gasteiger partial charge is 0.378 e. The zero-order valence-electron chi connectivity index (χ0n) is 12.0. The average Bonchev–Trinajstić information content (AvgIpc) is 2.77. The summed E-state index contributed by atoms with van der Waals surface area (Å²) in [6.07, 6.45) is -5.53. The van der Waals surface area contributed by atoms with Crippen LogP contribution in [0.15, 0.2) is 18.2 Å². The number of thiophene rings is 1. The molecular weight excluding hydrogens is 443 g/mol. The Morgan fingerprint density at radius 1 is 1.35 bits per heavy atom. The minimum absolute atomic E-state index is 0.301. The van der Waals surface area contributed by atoms with E-state index >= 15 is 0 Å². The van der Waals surface area contributed by atoms with Crippen LogP contribution in [-0.2, 0) is 6.42 Å². The molecule has 126 valence electrons. The van der Waals surface area contributed by atoms with Gasteiger partial charge in [0, 0.05) is 6.54 Å². The number of hydrogen-bond acceptors (Lipinski definition) is 3. The van der Waals surface area contributed by atoms with E-state index in [-0.39, 0.29) is 6.04 Å². The van der Waals surface area contributed by atoms with Crippen LogP contribution in [-0.4, -0.2) is 31.5 Å². The van der Waals surface area contributed by atoms with Crippen molar-refractivity contribution < 1.29 is 17.6 Å². The fourth-order valence-corrected chi connectivity index (χ4v) is 4.97. The van der Waals surface area contributed by atoms with Crippen molar-refractivity contribution in [1.82, 2.24) is 5.32 Å². The van der Waals surface area contributed by atoms with E-state index in [1.807, 2.05) is 22.6 Å². The molecule has 1 fully saturated rings. The normalized spacial score (nSPS) is 22.5. The Morgan fingerprint density at radius 3 is 2.83 bits per heavy atom. The van der Waals surface area contributed by atoms with Crippen molar-refractivity contribution in [2.24, 2.45) is 0 Å². The number of rotatable bonds is 3. The van der Waals surface area contributed by atoms with Crippen molar-refractivity contribution in [3.63, 3.8) is 0 Å². The molecule has 8 heteroatoms. The molecule has 2 N–H and O–H groups in total. The number of fused-ring (bicyclic) bond motifs is 1. The highest BCUT2D eigenvalue weighted by molar-refractivity contribution is 14.1. The van der Waals surface area contributed by atoms with Gasteiger partial charge in [-0.1, -0.05) is 12.1 Å². The molecule has 0 radical (unpaired) electrons. The predicted octanol–water partition coefficient (Wildman–Crippen LogP) is 4.72. The van der Waals surface area contributed by atoms with Gasteiger partial charge in [-0.3, -0.25) is 0 Å². The van der Waals surface area contributed by atoms with E-state index in [9.17, 15) is 17.6 Å². The van der Waals surface area contributed by atoms with Crippen molar-refractivity contribution in [2.45, 2.75) is 31.2 Å². The molecule has 0 saturated carbocycles. The van der Waals surface area contributed by atoms with E-state index in [4.69, 9.17) is 0 Å². The summed E-state index contributed by atoms with van der Waals surface area (Å²) in [5.74, 6) is 0. The second kappa shape index (κ2) is 6.72. The number of benzene rings is 1. The largest absolute Gasteiger partial charge is 0.393 e. The Labute approximate surface area is 148 Å². The van der Waals surface area contributed by atoms with Gasteiger partial charge in [-0.05, 0) is 52.6 Å². The third-order valence-corrected chi connectivity index (χ3v) is 6.28. The lowest BCUT2D eigenvalue weighted by Crippen LogP contribution is -2.45. The van der Waals surface area contributed by atoms with Crippen LogP contribution in [0.25, 0.3) is 10.1 Å². The lowest BCUT2D eigenvalue weighted by atomic mass is 10.0. The third kappa shape index (κ3) is 3.90. The zero-order chi connectivity index (χ0) is 16.6. The van der Waals surface area contributed by atoms with Gasteiger partial charge >= 0.3 is 6.18 Å². The van der Waals surface area contributed by atoms with Gasteiger partial charge in [-0.2, -0.15) is 13.2 Å². The van der Waals surface area contributed by atoms with E-state index in [1.54, 1.807) is 18.2 Å². The van der Waals surface area contributed by atoms with Crippen molar-refractivity contribution >= 4 is 49.7 Å². The van der Waals surface area contributed by atoms with Crippen molar-refractivity contribution in [1.29, 1.82) is 0 Å². The molecule has 1 aliphatic heterocycles. The van der Waals surface area contributed by atoms with Crippen LogP contribution in [0, 0.1) is 2.88 Å². The molecule has 1 aromatic heterocycles. The van der Waals surface area contributed by atoms with E-state index in [1.165, 1.54) is 11.3 Å². The fourth-order valence-electron chi connectivity index (χ4n) is 2.80. The topological polar surface area (TPSA) is 24.1 Å². The number of hydrogen-bond donors (Lipinski definition) is 2. The van der Waals surface area contributed by atoms with Crippen molar-refractivity contribution in [3.8, 4) is 0 Å². The number of piperidine rings is 1. The number of nitrogens with one attached hydrogen (secondary N) is 2. The maximum absolute atomic E-state index is 14.0. The molecule has 2 heterocycles. The van der Waals surface area contributed by atoms with E-state index in [2.05, 4.69) is 10.6 Å². The van der Waals surface area contributed by atoms with E-state index in [0.717, 1.165) is 11.2 Å². The molecular formula is C15H15F4IN2S. The standard InChI is InChI=1S/C15H15F4IN2S/c16-10-7-21-5-4-11(10)22-12-3-1-2-8-9(6-15(17,18)19)14(20)23-13(8)12/h1-3,10-11,21-22H,4-7H2. The van der Waals surface area contributed by atoms with Crippen LogP contribution >= 0.6 is 33.9 Å². The molecule has 3 rings (SSSR count). The summed E-state index contributed by atoms with van der Waals surface area (Å²) in [5.41, 5.74) is 1.03. The van der Waals surface area contributed by atoms with Gasteiger partial charge in [-0.25, -0.2) is 4.39 Å². The Morgan fingerprint density at radius 2 is 2.13 bits per heavy atom. The number of alkyl halides is 4. The molecule has 2 aromatic rings. The van der Waals surface area contributed by atoms with Gasteiger partial charge in [0.2, 0.25) is 0 Å². The molecule has 0 bridgehead atoms. The first-order valence-corrected chi connectivity index (χ1v) is 9.12. The lowest BCUT2D eigenvalue weighted by Gasteiger charge is -2.28. The Kier molecular flexibility index (Phi) is 5.03. The SMILES string of the molecule is FC1CNCCC1Nc1cccc2c(CC(F)(F)F)c(I)sc12. The molecule has 23 heavy (non-hydrogen) atoms. The molecule has 0 spiro atoms. The van der Waals surface area contributed by atoms with Crippen LogP contribution in [0.2, 0.25) is 0 Å². The van der Waals surface area contributed by atoms with Crippen LogP contribution in [0.3, 0.4) is 0 Å². The van der Waals surface area contributed by atoms with Crippen LogP contribution in [0.1, 0.15) is 12.0 Å². The minimum atomic E-state index is -4.24. The minimum Gasteiger partial charge on any atom is -0.378 e. The number of halogens is 5. The van der Waals surface area contributed by atoms with Gasteiger partial charge in [0.1, 0.15) is 6.17 Å². The van der Waals surface area contributed by atoms with E-state index in [0.29, 0.717) is 32.5 Å². The highest BCUT2D eigenvalue weighted by atomic mass is 127. The van der Waals surface area contributed by atoms with Gasteiger partial charge in [0.05, 0.1) is 25.7 Å². The van der Waals surface area contributed by atoms with Crippen LogP contribution in [0.5, 0.6) is 0 Å². The van der Waals surface area contributed by atoms with Crippen molar-refractivity contribution in [3.05, 3.63) is 26.6 Å². The lowest BCUT2D eigenvalue weighted by molar-refractivity contribution is -0.127. The van der Waals surface area contributed by atoms with Crippen LogP contribution < -0.4 is 10.6 Å². The molecule has 0 aliphatic carbocycles. The first-order chi connectivity index (χ1) is 10.8. The molecule has 1 aromatic carbocycles. The summed E-state index contributed by atoms with van der Waals surface area (Å²) in [6, 6.07) is 4.92. The molecule has 1 saturated heterocycles. The average molecular weight is 458 g/mol. The summed E-state index contributed by atoms with van der Waals surface area (Å²) < 4.78 is 53.7. The number of anilines is 1.